The summed E-state index contributed by atoms with van der Waals surface area (Å²) < 4.78 is 8.88. The fourth-order valence-corrected chi connectivity index (χ4v) is 0.577. The second-order valence-electron chi connectivity index (χ2n) is 10.7. The highest BCUT2D eigenvalue weighted by Crippen LogP contribution is 2.25. The minimum atomic E-state index is -4.64. The van der Waals surface area contributed by atoms with Crippen LogP contribution in [0.5, 0.6) is 0 Å². The molecule has 0 saturated carbocycles. The third-order valence-electron chi connectivity index (χ3n) is 4.21. The molecule has 0 radical (unpaired) electrons. The molecule has 0 fully saturated rings. The normalized spacial score (nSPS) is 10.1. The Bertz CT molecular complexity index is 554. The van der Waals surface area contributed by atoms with Gasteiger partial charge in [-0.25, -0.2) is 4.57 Å². The summed E-state index contributed by atoms with van der Waals surface area (Å²) in [7, 11) is -4.64. The smallest absolute Gasteiger partial charge is 0.394 e. The summed E-state index contributed by atoms with van der Waals surface area (Å²) in [5.74, 6) is 0. The van der Waals surface area contributed by atoms with E-state index in [1.165, 1.54) is 0 Å². The first-order valence-corrected chi connectivity index (χ1v) is 19.4. The van der Waals surface area contributed by atoms with Crippen LogP contribution in [0.25, 0.3) is 0 Å². The lowest BCUT2D eigenvalue weighted by Gasteiger charge is -1.96. The summed E-state index contributed by atoms with van der Waals surface area (Å²) in [5, 5.41) is 240. The van der Waals surface area contributed by atoms with E-state index in [4.69, 9.17) is 172 Å². The Kier molecular flexibility index (Phi) is 111. The van der Waals surface area contributed by atoms with Crippen LogP contribution in [-0.4, -0.2) is 361 Å². The molecule has 412 valence electrons. The summed E-state index contributed by atoms with van der Waals surface area (Å²) in [6, 6.07) is 0. The molecular weight excluding hydrogens is 935 g/mol. The van der Waals surface area contributed by atoms with E-state index in [0.29, 0.717) is 0 Å². The Morgan fingerprint density at radius 1 is 0.185 bits per heavy atom. The minimum absolute atomic E-state index is 0.365. The van der Waals surface area contributed by atoms with E-state index in [2.05, 4.69) is 0 Å². The molecule has 0 aromatic rings. The van der Waals surface area contributed by atoms with Crippen LogP contribution in [-0.2, 0) is 4.57 Å². The third-order valence-corrected chi connectivity index (χ3v) is 4.21. The standard InChI is InChI=1S/10C3H8O3.H3O4P/c10*4-1-3(6)2-5;1-5(2,3)4/h10*3-6H,1-2H2;(H3,1,2,3,4). The summed E-state index contributed by atoms with van der Waals surface area (Å²) in [5.41, 5.74) is 0. The van der Waals surface area contributed by atoms with Gasteiger partial charge in [-0.05, 0) is 0 Å². The molecule has 0 spiro atoms. The molecule has 0 rings (SSSR count). The maximum atomic E-state index is 8.88. The van der Waals surface area contributed by atoms with Gasteiger partial charge >= 0.3 is 7.82 Å². The van der Waals surface area contributed by atoms with Gasteiger partial charge in [0.2, 0.25) is 0 Å². The lowest BCUT2D eigenvalue weighted by atomic mass is 10.4. The minimum Gasteiger partial charge on any atom is -0.394 e. The predicted octanol–water partition coefficient (Wildman–Crippen LogP) is -17.6. The maximum Gasteiger partial charge on any atom is 0.466 e. The zero-order valence-electron chi connectivity index (χ0n) is 35.5. The molecule has 0 amide bonds. The maximum absolute atomic E-state index is 8.88. The van der Waals surface area contributed by atoms with Crippen LogP contribution in [0.4, 0.5) is 0 Å². The number of hydrogen-bond acceptors (Lipinski definition) is 31. The van der Waals surface area contributed by atoms with Crippen molar-refractivity contribution >= 4 is 7.82 Å². The lowest BCUT2D eigenvalue weighted by Crippen LogP contribution is -2.15. The van der Waals surface area contributed by atoms with Gasteiger partial charge in [-0.2, -0.15) is 0 Å². The van der Waals surface area contributed by atoms with Crippen molar-refractivity contribution in [3.05, 3.63) is 0 Å². The van der Waals surface area contributed by atoms with Crippen LogP contribution in [0.1, 0.15) is 0 Å². The first kappa shape index (κ1) is 90.4. The quantitative estimate of drug-likeness (QED) is 0.0504. The van der Waals surface area contributed by atoms with Crippen molar-refractivity contribution in [1.82, 2.24) is 0 Å². The van der Waals surface area contributed by atoms with Crippen molar-refractivity contribution in [1.29, 1.82) is 0 Å². The van der Waals surface area contributed by atoms with Crippen LogP contribution in [0.15, 0.2) is 0 Å². The van der Waals surface area contributed by atoms with Gasteiger partial charge in [-0.15, -0.1) is 0 Å². The van der Waals surface area contributed by atoms with Gasteiger partial charge in [0.25, 0.3) is 0 Å². The fourth-order valence-electron chi connectivity index (χ4n) is 0.577. The van der Waals surface area contributed by atoms with E-state index in [1.807, 2.05) is 0 Å². The largest absolute Gasteiger partial charge is 0.466 e. The van der Waals surface area contributed by atoms with Crippen molar-refractivity contribution < 1.29 is 172 Å². The van der Waals surface area contributed by atoms with Gasteiger partial charge in [0.15, 0.2) is 0 Å². The average molecular weight is 1020 g/mol. The molecule has 35 heteroatoms. The van der Waals surface area contributed by atoms with Crippen LogP contribution >= 0.6 is 7.82 Å². The second-order valence-corrected chi connectivity index (χ2v) is 11.7. The van der Waals surface area contributed by atoms with Gasteiger partial charge in [0.1, 0.15) is 61.0 Å². The molecule has 65 heavy (non-hydrogen) atoms. The van der Waals surface area contributed by atoms with Gasteiger partial charge in [-0.1, -0.05) is 0 Å². The lowest BCUT2D eigenvalue weighted by molar-refractivity contribution is 0.0450. The number of hydrogen-bond donors (Lipinski definition) is 33. The zero-order valence-corrected chi connectivity index (χ0v) is 36.4. The van der Waals surface area contributed by atoms with Crippen LogP contribution in [0, 0.1) is 0 Å². The number of aliphatic hydroxyl groups excluding tert-OH is 30. The molecule has 0 aliphatic rings. The fraction of sp³-hybridized carbons (Fsp3) is 1.00. The van der Waals surface area contributed by atoms with Crippen molar-refractivity contribution in [3.63, 3.8) is 0 Å². The van der Waals surface area contributed by atoms with Crippen molar-refractivity contribution in [2.45, 2.75) is 61.0 Å². The van der Waals surface area contributed by atoms with Crippen LogP contribution in [0.2, 0.25) is 0 Å². The van der Waals surface area contributed by atoms with Gasteiger partial charge < -0.3 is 168 Å². The molecule has 0 aromatic heterocycles. The Hall–Kier alpha value is -1.09. The van der Waals surface area contributed by atoms with Crippen molar-refractivity contribution in [2.24, 2.45) is 0 Å². The zero-order chi connectivity index (χ0) is 54.4. The molecule has 0 aliphatic heterocycles. The molecule has 0 heterocycles. The molecule has 34 nitrogen and oxygen atoms in total. The molecule has 0 aliphatic carbocycles. The average Bonchev–Trinajstić information content (AvgIpc) is 3.34. The SMILES string of the molecule is O=P(O)(O)O.OCC(O)CO.OCC(O)CO.OCC(O)CO.OCC(O)CO.OCC(O)CO.OCC(O)CO.OCC(O)CO.OCC(O)CO.OCC(O)CO.OCC(O)CO. The number of phosphoric acid groups is 1. The molecule has 0 unspecified atom stereocenters. The molecule has 33 N–H and O–H groups in total. The van der Waals surface area contributed by atoms with Gasteiger partial charge in [-0.3, -0.25) is 0 Å². The van der Waals surface area contributed by atoms with E-state index in [0.717, 1.165) is 0 Å². The van der Waals surface area contributed by atoms with Crippen LogP contribution in [0.3, 0.4) is 0 Å². The Morgan fingerprint density at radius 3 is 0.215 bits per heavy atom. The van der Waals surface area contributed by atoms with E-state index in [1.54, 1.807) is 0 Å². The van der Waals surface area contributed by atoms with E-state index >= 15 is 0 Å². The Morgan fingerprint density at radius 2 is 0.215 bits per heavy atom. The van der Waals surface area contributed by atoms with E-state index in [-0.39, 0.29) is 132 Å². The molecule has 0 saturated heterocycles. The molecule has 0 aromatic carbocycles. The van der Waals surface area contributed by atoms with E-state index < -0.39 is 68.9 Å². The number of aliphatic hydroxyl groups is 30. The molecule has 0 atom stereocenters. The highest BCUT2D eigenvalue weighted by Gasteiger charge is 2.01. The monoisotopic (exact) mass is 1020 g/mol. The summed E-state index contributed by atoms with van der Waals surface area (Å²) in [6.45, 7) is -7.29. The summed E-state index contributed by atoms with van der Waals surface area (Å²) >= 11 is 0. The van der Waals surface area contributed by atoms with Gasteiger partial charge in [0.05, 0.1) is 132 Å². The molecular formula is C30H83O34P. The first-order chi connectivity index (χ1) is 30.1. The van der Waals surface area contributed by atoms with Gasteiger partial charge in [0, 0.05) is 0 Å². The topological polar surface area (TPSA) is 685 Å². The predicted molar refractivity (Wildman–Crippen MR) is 216 cm³/mol. The highest BCUT2D eigenvalue weighted by molar-refractivity contribution is 7.45. The van der Waals surface area contributed by atoms with Crippen molar-refractivity contribution in [2.75, 3.05) is 132 Å². The third kappa shape index (κ3) is 154. The first-order valence-electron chi connectivity index (χ1n) is 17.9. The highest BCUT2D eigenvalue weighted by atomic mass is 31.2. The number of rotatable bonds is 20. The second kappa shape index (κ2) is 80.0. The Labute approximate surface area is 373 Å². The summed E-state index contributed by atoms with van der Waals surface area (Å²) in [4.78, 5) is 21.6. The van der Waals surface area contributed by atoms with Crippen LogP contribution < -0.4 is 0 Å². The van der Waals surface area contributed by atoms with E-state index in [9.17, 15) is 0 Å². The molecule has 0 bridgehead atoms. The van der Waals surface area contributed by atoms with Crippen molar-refractivity contribution in [3.8, 4) is 0 Å². The summed E-state index contributed by atoms with van der Waals surface area (Å²) in [6.07, 6.45) is -9.54. The Balaban J connectivity index is -0.0000000548.